The van der Waals surface area contributed by atoms with Crippen LogP contribution in [0.3, 0.4) is 0 Å². The first-order valence-corrected chi connectivity index (χ1v) is 50.9. The fourth-order valence-electron chi connectivity index (χ4n) is 24.2. The molecule has 0 fully saturated rings. The molecule has 24 aromatic carbocycles. The van der Waals surface area contributed by atoms with Crippen molar-refractivity contribution in [2.24, 2.45) is 0 Å². The molecule has 688 valence electrons. The smallest absolute Gasteiger partial charge is 0.147 e. The molecule has 0 atom stereocenters. The highest BCUT2D eigenvalue weighted by atomic mass is 15.0. The number of para-hydroxylation sites is 9. The monoisotopic (exact) mass is 1890 g/mol. The van der Waals surface area contributed by atoms with E-state index in [4.69, 9.17) is 29.9 Å². The summed E-state index contributed by atoms with van der Waals surface area (Å²) in [6.07, 6.45) is 0. The Morgan fingerprint density at radius 1 is 0.121 bits per heavy atom. The van der Waals surface area contributed by atoms with Gasteiger partial charge in [0.05, 0.1) is 82.8 Å². The highest BCUT2D eigenvalue weighted by Crippen LogP contribution is 2.51. The van der Waals surface area contributed by atoms with E-state index in [9.17, 15) is 0 Å². The summed E-state index contributed by atoms with van der Waals surface area (Å²) in [6.45, 7) is 0. The van der Waals surface area contributed by atoms with Crippen LogP contribution in [0.2, 0.25) is 0 Å². The highest BCUT2D eigenvalue weighted by Gasteiger charge is 2.27. The van der Waals surface area contributed by atoms with Gasteiger partial charge in [0, 0.05) is 48.5 Å². The predicted octanol–water partition coefficient (Wildman–Crippen LogP) is 36.9. The van der Waals surface area contributed by atoms with Crippen LogP contribution in [-0.4, -0.2) is 43.1 Å². The number of aromatic nitrogens is 9. The minimum atomic E-state index is 0.924. The molecule has 149 heavy (non-hydrogen) atoms. The number of rotatable bonds is 7. The maximum absolute atomic E-state index is 5.27. The summed E-state index contributed by atoms with van der Waals surface area (Å²) in [5.41, 5.74) is 35.1. The zero-order valence-corrected chi connectivity index (χ0v) is 80.4. The van der Waals surface area contributed by atoms with Crippen LogP contribution in [0.15, 0.2) is 504 Å². The Labute approximate surface area is 852 Å². The molecule has 0 aliphatic carbocycles. The van der Waals surface area contributed by atoms with Gasteiger partial charge in [0.25, 0.3) is 0 Å². The van der Waals surface area contributed by atoms with E-state index in [1.807, 2.05) is 6.07 Å². The van der Waals surface area contributed by atoms with Gasteiger partial charge in [0.1, 0.15) is 16.9 Å². The van der Waals surface area contributed by atoms with Crippen LogP contribution in [0.5, 0.6) is 0 Å². The van der Waals surface area contributed by atoms with E-state index in [2.05, 4.69) is 511 Å². The standard InChI is InChI=1S/C56H33N3.C46H27N3.C38H23N3/c1-3-13-36-29-41(23-21-34(36)11-1)53-43-16-6-7-17-44(43)54(42-24-22-35-12-2-4-14-37(35)30-42)47-31-38(25-27-45(47)53)39-26-28-46-52(33-39)59-51-20-10-9-19-50(51)58-56(59)48-32-40-15-5-8-18-49(40)57-55(46)48;1-3-15-31-28(12-1)14-11-20-32(31)44-35-18-6-4-16-33(35)43(34-17-5-7-19-36(34)44)30-24-25-37-42(27-30)49-41-23-10-9-22-40(41)48-46(49)38-26-29-13-2-8-21-39(29)47-45(37)38;1-2-9-25-20-28(17-16-24(25)8-1)26-11-7-12-27(21-26)29-18-19-31-36(23-29)41-35-15-6-5-14-34(35)40-38(41)32-22-30-10-3-4-13-33(30)39-37(31)32/h1-33H;1-27H;1-23H. The molecule has 33 rings (SSSR count). The van der Waals surface area contributed by atoms with Crippen molar-refractivity contribution in [3.8, 4) is 77.9 Å². The molecule has 0 aliphatic heterocycles. The zero-order valence-electron chi connectivity index (χ0n) is 80.4. The first-order valence-electron chi connectivity index (χ1n) is 50.9. The normalized spacial score (nSPS) is 12.0. The summed E-state index contributed by atoms with van der Waals surface area (Å²) in [4.78, 5) is 31.2. The number of hydrogen-bond donors (Lipinski definition) is 0. The van der Waals surface area contributed by atoms with Crippen LogP contribution >= 0.6 is 0 Å². The lowest BCUT2D eigenvalue weighted by Crippen LogP contribution is -1.95. The maximum Gasteiger partial charge on any atom is 0.147 e. The van der Waals surface area contributed by atoms with E-state index in [-0.39, 0.29) is 0 Å². The van der Waals surface area contributed by atoms with Crippen LogP contribution in [0.1, 0.15) is 0 Å². The van der Waals surface area contributed by atoms with E-state index in [1.54, 1.807) is 0 Å². The van der Waals surface area contributed by atoms with Crippen LogP contribution < -0.4 is 0 Å². The lowest BCUT2D eigenvalue weighted by atomic mass is 9.84. The lowest BCUT2D eigenvalue weighted by molar-refractivity contribution is 1.31. The van der Waals surface area contributed by atoms with Crippen molar-refractivity contribution >= 4 is 234 Å². The number of nitrogens with zero attached hydrogens (tertiary/aromatic N) is 9. The van der Waals surface area contributed by atoms with E-state index >= 15 is 0 Å². The second-order valence-electron chi connectivity index (χ2n) is 39.4. The third-order valence-corrected chi connectivity index (χ3v) is 31.0. The zero-order chi connectivity index (χ0) is 97.6. The number of pyridine rings is 6. The number of imidazole rings is 3. The summed E-state index contributed by atoms with van der Waals surface area (Å²) in [6, 6.07) is 182. The van der Waals surface area contributed by atoms with E-state index in [0.717, 1.165) is 159 Å². The Balaban J connectivity index is 0.000000103. The quantitative estimate of drug-likeness (QED) is 0.117. The van der Waals surface area contributed by atoms with Gasteiger partial charge in [0.15, 0.2) is 0 Å². The molecule has 9 nitrogen and oxygen atoms in total. The molecule has 0 bridgehead atoms. The molecule has 0 saturated heterocycles. The predicted molar refractivity (Wildman–Crippen MR) is 627 cm³/mol. The first-order chi connectivity index (χ1) is 73.8. The molecule has 9 aromatic heterocycles. The molecule has 0 spiro atoms. The van der Waals surface area contributed by atoms with Crippen molar-refractivity contribution in [2.75, 3.05) is 0 Å². The van der Waals surface area contributed by atoms with Crippen molar-refractivity contribution in [3.05, 3.63) is 504 Å². The SMILES string of the molecule is c1cc(-c2ccc3ccccc3c2)cc(-c2ccc3c4nc5ccccc5cc4c4nc5ccccc5n4c3c2)c1.c1ccc2cc(-c3c4ccccc4c(-c4ccc5ccccc5c4)c4cc(-c5ccc6c7nc8ccccc8cc7c7nc8ccccc8n7c6c5)ccc34)ccc2c1.c1ccc2nc3c4ccc(-c5c6ccccc6c(-c6cccc7ccccc67)c6ccccc56)cc4n4c5ccccc5nc4c3cc2c1. The van der Waals surface area contributed by atoms with E-state index < -0.39 is 0 Å². The molecule has 0 N–H and O–H groups in total. The molecule has 9 heterocycles. The van der Waals surface area contributed by atoms with Gasteiger partial charge in [-0.05, 0) is 285 Å². The lowest BCUT2D eigenvalue weighted by Gasteiger charge is -2.19. The Morgan fingerprint density at radius 2 is 0.383 bits per heavy atom. The number of fused-ring (bicyclic) bond motifs is 35. The van der Waals surface area contributed by atoms with Crippen molar-refractivity contribution in [1.82, 2.24) is 43.1 Å². The third kappa shape index (κ3) is 13.4. The molecular weight excluding hydrogens is 1810 g/mol. The minimum Gasteiger partial charge on any atom is -0.292 e. The minimum absolute atomic E-state index is 0.924. The van der Waals surface area contributed by atoms with Crippen LogP contribution in [0, 0.1) is 0 Å². The van der Waals surface area contributed by atoms with Gasteiger partial charge in [-0.15, -0.1) is 0 Å². The van der Waals surface area contributed by atoms with Crippen LogP contribution in [0.4, 0.5) is 0 Å². The first kappa shape index (κ1) is 83.6. The molecule has 33 aromatic rings. The van der Waals surface area contributed by atoms with Gasteiger partial charge >= 0.3 is 0 Å². The van der Waals surface area contributed by atoms with Crippen molar-refractivity contribution in [2.45, 2.75) is 0 Å². The molecule has 0 radical (unpaired) electrons. The van der Waals surface area contributed by atoms with Crippen LogP contribution in [0.25, 0.3) is 312 Å². The molecule has 0 unspecified atom stereocenters. The summed E-state index contributed by atoms with van der Waals surface area (Å²) >= 11 is 0. The summed E-state index contributed by atoms with van der Waals surface area (Å²) in [7, 11) is 0. The van der Waals surface area contributed by atoms with Crippen LogP contribution in [-0.2, 0) is 0 Å². The summed E-state index contributed by atoms with van der Waals surface area (Å²) < 4.78 is 6.97. The van der Waals surface area contributed by atoms with E-state index in [0.29, 0.717) is 0 Å². The number of benzene rings is 24. The topological polar surface area (TPSA) is 90.6 Å². The Kier molecular flexibility index (Phi) is 18.7. The second-order valence-corrected chi connectivity index (χ2v) is 39.4. The Morgan fingerprint density at radius 3 is 0.799 bits per heavy atom. The van der Waals surface area contributed by atoms with E-state index in [1.165, 1.54) is 153 Å². The fraction of sp³-hybridized carbons (Fsp3) is 0. The second kappa shape index (κ2) is 33.3. The van der Waals surface area contributed by atoms with Gasteiger partial charge in [-0.3, -0.25) is 13.2 Å². The maximum atomic E-state index is 5.27. The Hall–Kier alpha value is -20.0. The summed E-state index contributed by atoms with van der Waals surface area (Å²) in [5, 5.41) is 29.8. The van der Waals surface area contributed by atoms with Crippen molar-refractivity contribution in [1.29, 1.82) is 0 Å². The molecular formula is C140H83N9. The van der Waals surface area contributed by atoms with Gasteiger partial charge in [0.2, 0.25) is 0 Å². The molecule has 0 aliphatic rings. The number of hydrogen-bond acceptors (Lipinski definition) is 6. The largest absolute Gasteiger partial charge is 0.292 e. The van der Waals surface area contributed by atoms with Gasteiger partial charge < -0.3 is 0 Å². The fourth-order valence-corrected chi connectivity index (χ4v) is 24.2. The molecule has 0 saturated carbocycles. The summed E-state index contributed by atoms with van der Waals surface area (Å²) in [5.74, 6) is 0. The molecule has 0 amide bonds. The van der Waals surface area contributed by atoms with Gasteiger partial charge in [-0.1, -0.05) is 382 Å². The van der Waals surface area contributed by atoms with Gasteiger partial charge in [-0.25, -0.2) is 29.9 Å². The van der Waals surface area contributed by atoms with Gasteiger partial charge in [-0.2, -0.15) is 0 Å². The van der Waals surface area contributed by atoms with Crippen molar-refractivity contribution in [3.63, 3.8) is 0 Å². The average molecular weight is 1890 g/mol. The molecule has 9 heteroatoms. The van der Waals surface area contributed by atoms with Crippen molar-refractivity contribution < 1.29 is 0 Å². The highest BCUT2D eigenvalue weighted by molar-refractivity contribution is 6.27. The third-order valence-electron chi connectivity index (χ3n) is 31.0. The Bertz CT molecular complexity index is 11500. The average Bonchev–Trinajstić information content (AvgIpc) is 1.58.